The van der Waals surface area contributed by atoms with Gasteiger partial charge in [-0.05, 0) is 43.2 Å². The number of benzene rings is 2. The molecule has 3 rings (SSSR count). The molecule has 1 heterocycles. The first kappa shape index (κ1) is 20.2. The Balaban J connectivity index is 1.50. The normalized spacial score (nSPS) is 10.5. The largest absolute Gasteiger partial charge is 0.484 e. The molecule has 2 aromatic carbocycles. The molecule has 0 spiro atoms. The molecule has 0 aliphatic carbocycles. The third-order valence-electron chi connectivity index (χ3n) is 3.93. The van der Waals surface area contributed by atoms with E-state index in [1.54, 1.807) is 19.1 Å². The van der Waals surface area contributed by atoms with Gasteiger partial charge >= 0.3 is 0 Å². The van der Waals surface area contributed by atoms with Crippen molar-refractivity contribution in [2.45, 2.75) is 19.8 Å². The number of amides is 1. The summed E-state index contributed by atoms with van der Waals surface area (Å²) in [5.41, 5.74) is 2.85. The fourth-order valence-electron chi connectivity index (χ4n) is 2.49. The van der Waals surface area contributed by atoms with Gasteiger partial charge in [0.1, 0.15) is 11.5 Å². The Morgan fingerprint density at radius 2 is 1.96 bits per heavy atom. The Morgan fingerprint density at radius 1 is 1.18 bits per heavy atom. The summed E-state index contributed by atoms with van der Waals surface area (Å²) >= 11 is 4.81. The van der Waals surface area contributed by atoms with Gasteiger partial charge < -0.3 is 9.53 Å². The van der Waals surface area contributed by atoms with Crippen LogP contribution in [0.3, 0.4) is 0 Å². The van der Waals surface area contributed by atoms with E-state index in [0.29, 0.717) is 23.7 Å². The van der Waals surface area contributed by atoms with E-state index in [-0.39, 0.29) is 18.3 Å². The highest BCUT2D eigenvalue weighted by Gasteiger charge is 2.09. The summed E-state index contributed by atoms with van der Waals surface area (Å²) in [6, 6.07) is 15.2. The lowest BCUT2D eigenvalue weighted by Gasteiger charge is -2.07. The quantitative estimate of drug-likeness (QED) is 0.508. The predicted molar refractivity (Wildman–Crippen MR) is 115 cm³/mol. The van der Waals surface area contributed by atoms with Crippen molar-refractivity contribution < 1.29 is 14.3 Å². The molecule has 0 saturated carbocycles. The highest BCUT2D eigenvalue weighted by molar-refractivity contribution is 9.10. The molecular weight excluding hydrogens is 440 g/mol. The van der Waals surface area contributed by atoms with Crippen LogP contribution in [0.1, 0.15) is 18.9 Å². The van der Waals surface area contributed by atoms with Crippen molar-refractivity contribution in [2.24, 2.45) is 0 Å². The van der Waals surface area contributed by atoms with Gasteiger partial charge in [-0.15, -0.1) is 11.3 Å². The maximum Gasteiger partial charge on any atom is 0.264 e. The third-order valence-corrected chi connectivity index (χ3v) is 5.18. The lowest BCUT2D eigenvalue weighted by molar-refractivity contribution is -0.118. The molecule has 0 unspecified atom stereocenters. The number of hydrogen-bond acceptors (Lipinski definition) is 5. The fourth-order valence-corrected chi connectivity index (χ4v) is 3.62. The van der Waals surface area contributed by atoms with E-state index < -0.39 is 0 Å². The molecule has 28 heavy (non-hydrogen) atoms. The van der Waals surface area contributed by atoms with E-state index in [4.69, 9.17) is 4.74 Å². The van der Waals surface area contributed by atoms with Gasteiger partial charge in [-0.1, -0.05) is 40.2 Å². The molecule has 1 N–H and O–H groups in total. The average molecular weight is 459 g/mol. The standard InChI is InChI=1S/C21H19BrN2O3S/c1-14(25)5-6-15-7-9-18(10-8-15)27-12-20(26)24-21-23-19(13-28-21)16-3-2-4-17(22)11-16/h2-4,7-11,13H,5-6,12H2,1H3,(H,23,24,26). The minimum atomic E-state index is -0.268. The number of thiazole rings is 1. The maximum absolute atomic E-state index is 12.1. The summed E-state index contributed by atoms with van der Waals surface area (Å²) in [4.78, 5) is 27.6. The van der Waals surface area contributed by atoms with E-state index in [1.807, 2.05) is 41.8 Å². The zero-order valence-corrected chi connectivity index (χ0v) is 17.7. The van der Waals surface area contributed by atoms with E-state index >= 15 is 0 Å². The minimum absolute atomic E-state index is 0.0986. The topological polar surface area (TPSA) is 68.3 Å². The van der Waals surface area contributed by atoms with Gasteiger partial charge in [-0.2, -0.15) is 0 Å². The lowest BCUT2D eigenvalue weighted by atomic mass is 10.1. The number of hydrogen-bond donors (Lipinski definition) is 1. The minimum Gasteiger partial charge on any atom is -0.484 e. The maximum atomic E-state index is 12.1. The molecule has 7 heteroatoms. The number of aromatic nitrogens is 1. The highest BCUT2D eigenvalue weighted by atomic mass is 79.9. The van der Waals surface area contributed by atoms with Crippen molar-refractivity contribution in [3.63, 3.8) is 0 Å². The summed E-state index contributed by atoms with van der Waals surface area (Å²) in [6.07, 6.45) is 1.23. The van der Waals surface area contributed by atoms with Gasteiger partial charge in [-0.3, -0.25) is 10.1 Å². The molecule has 144 valence electrons. The number of ether oxygens (including phenoxy) is 1. The smallest absolute Gasteiger partial charge is 0.264 e. The van der Waals surface area contributed by atoms with Crippen LogP contribution in [0.25, 0.3) is 11.3 Å². The lowest BCUT2D eigenvalue weighted by Crippen LogP contribution is -2.20. The first-order valence-electron chi connectivity index (χ1n) is 8.72. The molecule has 1 aromatic heterocycles. The second-order valence-corrected chi connectivity index (χ2v) is 8.00. The number of anilines is 1. The van der Waals surface area contributed by atoms with Crippen LogP contribution < -0.4 is 10.1 Å². The van der Waals surface area contributed by atoms with Gasteiger partial charge in [0.05, 0.1) is 5.69 Å². The van der Waals surface area contributed by atoms with Crippen molar-refractivity contribution in [1.82, 2.24) is 4.98 Å². The molecule has 0 saturated heterocycles. The van der Waals surface area contributed by atoms with Crippen LogP contribution in [0, 0.1) is 0 Å². The fraction of sp³-hybridized carbons (Fsp3) is 0.190. The molecule has 1 amide bonds. The van der Waals surface area contributed by atoms with Gasteiger partial charge in [0, 0.05) is 21.8 Å². The number of nitrogens with one attached hydrogen (secondary N) is 1. The van der Waals surface area contributed by atoms with Crippen LogP contribution in [0.4, 0.5) is 5.13 Å². The Labute approximate surface area is 175 Å². The molecule has 0 aliphatic rings. The molecular formula is C21H19BrN2O3S. The Bertz CT molecular complexity index is 970. The molecule has 3 aromatic rings. The average Bonchev–Trinajstić information content (AvgIpc) is 3.14. The summed E-state index contributed by atoms with van der Waals surface area (Å²) < 4.78 is 6.50. The molecule has 0 bridgehead atoms. The second-order valence-electron chi connectivity index (χ2n) is 6.23. The van der Waals surface area contributed by atoms with Crippen molar-refractivity contribution >= 4 is 44.1 Å². The Hall–Kier alpha value is -2.51. The van der Waals surface area contributed by atoms with Crippen LogP contribution in [0.15, 0.2) is 58.4 Å². The summed E-state index contributed by atoms with van der Waals surface area (Å²) in [5, 5.41) is 5.19. The van der Waals surface area contributed by atoms with Gasteiger partial charge in [0.15, 0.2) is 11.7 Å². The second kappa shape index (κ2) is 9.61. The summed E-state index contributed by atoms with van der Waals surface area (Å²) in [6.45, 7) is 1.49. The molecule has 0 radical (unpaired) electrons. The molecule has 0 atom stereocenters. The van der Waals surface area contributed by atoms with E-state index in [9.17, 15) is 9.59 Å². The monoisotopic (exact) mass is 458 g/mol. The number of nitrogens with zero attached hydrogens (tertiary/aromatic N) is 1. The van der Waals surface area contributed by atoms with Crippen molar-refractivity contribution in [2.75, 3.05) is 11.9 Å². The van der Waals surface area contributed by atoms with Gasteiger partial charge in [0.2, 0.25) is 0 Å². The molecule has 5 nitrogen and oxygen atoms in total. The van der Waals surface area contributed by atoms with Crippen molar-refractivity contribution in [3.8, 4) is 17.0 Å². The van der Waals surface area contributed by atoms with Crippen LogP contribution in [-0.2, 0) is 16.0 Å². The molecule has 0 aliphatic heterocycles. The predicted octanol–water partition coefficient (Wildman–Crippen LogP) is 5.11. The Kier molecular flexibility index (Phi) is 6.95. The summed E-state index contributed by atoms with van der Waals surface area (Å²) in [5.74, 6) is 0.508. The van der Waals surface area contributed by atoms with E-state index in [0.717, 1.165) is 21.3 Å². The first-order valence-corrected chi connectivity index (χ1v) is 10.4. The first-order chi connectivity index (χ1) is 13.5. The van der Waals surface area contributed by atoms with Gasteiger partial charge in [-0.25, -0.2) is 4.98 Å². The van der Waals surface area contributed by atoms with Crippen LogP contribution in [0.5, 0.6) is 5.75 Å². The van der Waals surface area contributed by atoms with E-state index in [2.05, 4.69) is 26.2 Å². The van der Waals surface area contributed by atoms with E-state index in [1.165, 1.54) is 11.3 Å². The van der Waals surface area contributed by atoms with Crippen LogP contribution in [0.2, 0.25) is 0 Å². The van der Waals surface area contributed by atoms with Crippen molar-refractivity contribution in [1.29, 1.82) is 0 Å². The number of halogens is 1. The number of ketones is 1. The zero-order chi connectivity index (χ0) is 19.9. The zero-order valence-electron chi connectivity index (χ0n) is 15.3. The molecule has 0 fully saturated rings. The number of carbonyl (C=O) groups is 2. The van der Waals surface area contributed by atoms with Crippen molar-refractivity contribution in [3.05, 3.63) is 63.9 Å². The van der Waals surface area contributed by atoms with Crippen LogP contribution >= 0.6 is 27.3 Å². The van der Waals surface area contributed by atoms with Gasteiger partial charge in [0.25, 0.3) is 5.91 Å². The van der Waals surface area contributed by atoms with Crippen LogP contribution in [-0.4, -0.2) is 23.3 Å². The SMILES string of the molecule is CC(=O)CCc1ccc(OCC(=O)Nc2nc(-c3cccc(Br)c3)cs2)cc1. The summed E-state index contributed by atoms with van der Waals surface area (Å²) in [7, 11) is 0. The Morgan fingerprint density at radius 3 is 2.68 bits per heavy atom. The number of aryl methyl sites for hydroxylation is 1. The number of carbonyl (C=O) groups excluding carboxylic acids is 2. The number of rotatable bonds is 8. The third kappa shape index (κ3) is 6.00. The number of Topliss-reactive ketones (excluding diaryl/α,β-unsaturated/α-hetero) is 1. The highest BCUT2D eigenvalue weighted by Crippen LogP contribution is 2.26.